The zero-order valence-corrected chi connectivity index (χ0v) is 11.4. The maximum absolute atomic E-state index is 13.7. The predicted octanol–water partition coefficient (Wildman–Crippen LogP) is 3.35. The Bertz CT molecular complexity index is 605. The summed E-state index contributed by atoms with van der Waals surface area (Å²) in [5.41, 5.74) is -0.162. The van der Waals surface area contributed by atoms with Crippen molar-refractivity contribution in [3.8, 4) is 6.07 Å². The van der Waals surface area contributed by atoms with Crippen LogP contribution in [0.15, 0.2) is 30.5 Å². The molecule has 1 aromatic carbocycles. The maximum Gasteiger partial charge on any atom is 0.389 e. The lowest BCUT2D eigenvalue weighted by Gasteiger charge is -2.11. The molecule has 0 unspecified atom stereocenters. The van der Waals surface area contributed by atoms with Gasteiger partial charge in [-0.15, -0.1) is 0 Å². The molecule has 0 aliphatic heterocycles. The van der Waals surface area contributed by atoms with Crippen LogP contribution >= 0.6 is 0 Å². The van der Waals surface area contributed by atoms with Crippen LogP contribution in [0.25, 0.3) is 0 Å². The highest BCUT2D eigenvalue weighted by atomic mass is 19.4. The van der Waals surface area contributed by atoms with E-state index in [0.29, 0.717) is 0 Å². The zero-order chi connectivity index (χ0) is 16.8. The molecular formula is C14H13F4N3O. The molecule has 1 rings (SSSR count). The average molecular weight is 315 g/mol. The molecule has 0 radical (unpaired) electrons. The first kappa shape index (κ1) is 17.5. The summed E-state index contributed by atoms with van der Waals surface area (Å²) in [6.45, 7) is 3.10. The van der Waals surface area contributed by atoms with Gasteiger partial charge in [-0.05, 0) is 12.5 Å². The quantitative estimate of drug-likeness (QED) is 0.818. The topological polar surface area (TPSA) is 64.9 Å². The first-order valence-electron chi connectivity index (χ1n) is 6.20. The third-order valence-electron chi connectivity index (χ3n) is 2.64. The lowest BCUT2D eigenvalue weighted by molar-refractivity contribution is -0.134. The molecule has 4 nitrogen and oxygen atoms in total. The van der Waals surface area contributed by atoms with Crippen molar-refractivity contribution in [2.75, 3.05) is 0 Å². The van der Waals surface area contributed by atoms with Crippen LogP contribution in [0.2, 0.25) is 0 Å². The van der Waals surface area contributed by atoms with Gasteiger partial charge in [0.05, 0.1) is 5.56 Å². The van der Waals surface area contributed by atoms with Gasteiger partial charge in [0.1, 0.15) is 11.9 Å². The van der Waals surface area contributed by atoms with E-state index in [4.69, 9.17) is 5.26 Å². The normalized spacial score (nSPS) is 10.7. The second-order valence-corrected chi connectivity index (χ2v) is 4.42. The van der Waals surface area contributed by atoms with E-state index in [1.807, 2.05) is 0 Å². The highest BCUT2D eigenvalue weighted by molar-refractivity contribution is 5.75. The molecule has 0 saturated heterocycles. The van der Waals surface area contributed by atoms with E-state index >= 15 is 0 Å². The molecule has 0 atom stereocenters. The van der Waals surface area contributed by atoms with Gasteiger partial charge in [-0.25, -0.2) is 9.18 Å². The van der Waals surface area contributed by atoms with E-state index < -0.39 is 30.9 Å². The lowest BCUT2D eigenvalue weighted by Crippen LogP contribution is -2.34. The number of benzene rings is 1. The van der Waals surface area contributed by atoms with E-state index in [1.165, 1.54) is 18.2 Å². The molecule has 0 bridgehead atoms. The Morgan fingerprint density at radius 2 is 2.05 bits per heavy atom. The van der Waals surface area contributed by atoms with Crippen molar-refractivity contribution in [1.82, 2.24) is 10.6 Å². The number of alkyl halides is 3. The standard InChI is InChI=1S/C14H13F4N3O/c1-9(5-6-14(16,17)18)21-13(22)20-8-11-4-2-3-10(7-19)12(11)15/h2-4H,1,5-6,8H2,(H2,20,21,22). The highest BCUT2D eigenvalue weighted by Gasteiger charge is 2.26. The third-order valence-corrected chi connectivity index (χ3v) is 2.64. The molecule has 0 fully saturated rings. The van der Waals surface area contributed by atoms with Gasteiger partial charge in [0, 0.05) is 24.2 Å². The van der Waals surface area contributed by atoms with Crippen LogP contribution in [-0.2, 0) is 6.54 Å². The fraction of sp³-hybridized carbons (Fsp3) is 0.286. The van der Waals surface area contributed by atoms with E-state index in [0.717, 1.165) is 0 Å². The molecule has 2 N–H and O–H groups in total. The molecule has 8 heteroatoms. The molecule has 118 valence electrons. The minimum absolute atomic E-state index is 0.0927. The molecule has 0 saturated carbocycles. The van der Waals surface area contributed by atoms with Crippen LogP contribution in [0.4, 0.5) is 22.4 Å². The first-order chi connectivity index (χ1) is 10.2. The molecule has 0 heterocycles. The minimum Gasteiger partial charge on any atom is -0.334 e. The fourth-order valence-corrected chi connectivity index (χ4v) is 1.54. The molecule has 0 aliphatic rings. The van der Waals surface area contributed by atoms with Crippen molar-refractivity contribution in [2.45, 2.75) is 25.6 Å². The van der Waals surface area contributed by atoms with Crippen LogP contribution in [0, 0.1) is 17.1 Å². The number of nitriles is 1. The van der Waals surface area contributed by atoms with Gasteiger partial charge in [0.2, 0.25) is 0 Å². The number of nitrogens with one attached hydrogen (secondary N) is 2. The van der Waals surface area contributed by atoms with Crippen LogP contribution < -0.4 is 10.6 Å². The average Bonchev–Trinajstić information content (AvgIpc) is 2.43. The second kappa shape index (κ2) is 7.45. The Morgan fingerprint density at radius 3 is 2.64 bits per heavy atom. The van der Waals surface area contributed by atoms with Crippen LogP contribution in [-0.4, -0.2) is 12.2 Å². The summed E-state index contributed by atoms with van der Waals surface area (Å²) >= 11 is 0. The smallest absolute Gasteiger partial charge is 0.334 e. The largest absolute Gasteiger partial charge is 0.389 e. The van der Waals surface area contributed by atoms with Crippen molar-refractivity contribution in [3.63, 3.8) is 0 Å². The van der Waals surface area contributed by atoms with Crippen molar-refractivity contribution >= 4 is 6.03 Å². The van der Waals surface area contributed by atoms with Gasteiger partial charge in [0.25, 0.3) is 0 Å². The minimum atomic E-state index is -4.33. The molecule has 1 aromatic rings. The second-order valence-electron chi connectivity index (χ2n) is 4.42. The van der Waals surface area contributed by atoms with E-state index in [2.05, 4.69) is 17.2 Å². The van der Waals surface area contributed by atoms with Crippen molar-refractivity contribution in [2.24, 2.45) is 0 Å². The number of nitrogens with zero attached hydrogens (tertiary/aromatic N) is 1. The Labute approximate surface area is 124 Å². The van der Waals surface area contributed by atoms with Crippen molar-refractivity contribution in [1.29, 1.82) is 5.26 Å². The third kappa shape index (κ3) is 5.83. The van der Waals surface area contributed by atoms with Gasteiger partial charge in [-0.1, -0.05) is 18.7 Å². The molecule has 2 amide bonds. The number of carbonyl (C=O) groups is 1. The van der Waals surface area contributed by atoms with Gasteiger partial charge >= 0.3 is 12.2 Å². The van der Waals surface area contributed by atoms with Crippen LogP contribution in [0.3, 0.4) is 0 Å². The number of halogens is 4. The van der Waals surface area contributed by atoms with E-state index in [1.54, 1.807) is 6.07 Å². The predicted molar refractivity (Wildman–Crippen MR) is 70.9 cm³/mol. The first-order valence-corrected chi connectivity index (χ1v) is 6.20. The number of hydrogen-bond acceptors (Lipinski definition) is 2. The Kier molecular flexibility index (Phi) is 5.92. The van der Waals surface area contributed by atoms with Crippen LogP contribution in [0.5, 0.6) is 0 Å². The van der Waals surface area contributed by atoms with E-state index in [-0.39, 0.29) is 23.4 Å². The summed E-state index contributed by atoms with van der Waals surface area (Å²) in [4.78, 5) is 11.5. The number of carbonyl (C=O) groups excluding carboxylic acids is 1. The van der Waals surface area contributed by atoms with Gasteiger partial charge in [-0.3, -0.25) is 0 Å². The van der Waals surface area contributed by atoms with Crippen LogP contribution in [0.1, 0.15) is 24.0 Å². The molecular weight excluding hydrogens is 302 g/mol. The Balaban J connectivity index is 2.47. The molecule has 0 aromatic heterocycles. The highest BCUT2D eigenvalue weighted by Crippen LogP contribution is 2.22. The summed E-state index contributed by atoms with van der Waals surface area (Å²) in [6.07, 6.45) is -5.86. The van der Waals surface area contributed by atoms with Gasteiger partial charge in [0.15, 0.2) is 0 Å². The van der Waals surface area contributed by atoms with Gasteiger partial charge in [-0.2, -0.15) is 18.4 Å². The number of rotatable bonds is 5. The van der Waals surface area contributed by atoms with Gasteiger partial charge < -0.3 is 10.6 Å². The number of allylic oxidation sites excluding steroid dienone is 1. The summed E-state index contributed by atoms with van der Waals surface area (Å²) in [7, 11) is 0. The summed E-state index contributed by atoms with van der Waals surface area (Å²) in [6, 6.07) is 5.00. The fourth-order valence-electron chi connectivity index (χ4n) is 1.54. The number of hydrogen-bond donors (Lipinski definition) is 2. The number of amides is 2. The SMILES string of the molecule is C=C(CCC(F)(F)F)NC(=O)NCc1cccc(C#N)c1F. The zero-order valence-electron chi connectivity index (χ0n) is 11.4. The molecule has 0 aliphatic carbocycles. The number of urea groups is 1. The van der Waals surface area contributed by atoms with Crippen molar-refractivity contribution in [3.05, 3.63) is 47.4 Å². The summed E-state index contributed by atoms with van der Waals surface area (Å²) < 4.78 is 49.7. The monoisotopic (exact) mass is 315 g/mol. The molecule has 0 spiro atoms. The summed E-state index contributed by atoms with van der Waals surface area (Å²) in [5, 5.41) is 13.1. The van der Waals surface area contributed by atoms with E-state index in [9.17, 15) is 22.4 Å². The maximum atomic E-state index is 13.7. The Hall–Kier alpha value is -2.56. The van der Waals surface area contributed by atoms with Crippen molar-refractivity contribution < 1.29 is 22.4 Å². The lowest BCUT2D eigenvalue weighted by atomic mass is 10.1. The summed E-state index contributed by atoms with van der Waals surface area (Å²) in [5.74, 6) is -0.749. The molecule has 22 heavy (non-hydrogen) atoms. The Morgan fingerprint density at radius 1 is 1.36 bits per heavy atom.